The first-order valence-corrected chi connectivity index (χ1v) is 6.37. The van der Waals surface area contributed by atoms with Crippen molar-refractivity contribution in [3.05, 3.63) is 6.33 Å². The number of thiol groups is 1. The lowest BCUT2D eigenvalue weighted by Gasteiger charge is -2.08. The van der Waals surface area contributed by atoms with E-state index in [1.807, 2.05) is 0 Å². The Morgan fingerprint density at radius 2 is 1.95 bits per heavy atom. The Labute approximate surface area is 117 Å². The molecule has 0 aliphatic rings. The Morgan fingerprint density at radius 3 is 2.58 bits per heavy atom. The van der Waals surface area contributed by atoms with Crippen LogP contribution in [0.2, 0.25) is 0 Å². The van der Waals surface area contributed by atoms with E-state index in [9.17, 15) is 10.2 Å². The first-order valence-electron chi connectivity index (χ1n) is 4.92. The van der Waals surface area contributed by atoms with Crippen molar-refractivity contribution in [2.45, 2.75) is 0 Å². The van der Waals surface area contributed by atoms with Gasteiger partial charge >= 0.3 is 0 Å². The van der Waals surface area contributed by atoms with Crippen LogP contribution in [0.4, 0.5) is 16.0 Å². The van der Waals surface area contributed by atoms with Gasteiger partial charge in [0, 0.05) is 7.05 Å². The predicted molar refractivity (Wildman–Crippen MR) is 71.7 cm³/mol. The molecule has 0 amide bonds. The summed E-state index contributed by atoms with van der Waals surface area (Å²) in [4.78, 5) is 8.72. The summed E-state index contributed by atoms with van der Waals surface area (Å²) in [5.41, 5.74) is -0.221. The summed E-state index contributed by atoms with van der Waals surface area (Å²) >= 11 is 5.29. The highest BCUT2D eigenvalue weighted by molar-refractivity contribution is 7.80. The maximum atomic E-state index is 9.39. The van der Waals surface area contributed by atoms with Crippen molar-refractivity contribution in [2.75, 3.05) is 17.8 Å². The van der Waals surface area contributed by atoms with Gasteiger partial charge in [0.25, 0.3) is 5.13 Å². The van der Waals surface area contributed by atoms with Gasteiger partial charge in [-0.15, -0.1) is 20.4 Å². The van der Waals surface area contributed by atoms with Crippen LogP contribution in [0.3, 0.4) is 0 Å². The van der Waals surface area contributed by atoms with E-state index >= 15 is 0 Å². The molecule has 0 aromatic carbocycles. The molecule has 0 aliphatic heterocycles. The Morgan fingerprint density at radius 1 is 1.26 bits per heavy atom. The quantitative estimate of drug-likeness (QED) is 0.444. The van der Waals surface area contributed by atoms with Gasteiger partial charge in [0.1, 0.15) is 6.33 Å². The summed E-state index contributed by atoms with van der Waals surface area (Å²) in [5, 5.41) is 34.7. The van der Waals surface area contributed by atoms with E-state index in [2.05, 4.69) is 43.0 Å². The number of nitrogens with zero attached hydrogens (tertiary/aromatic N) is 7. The second-order valence-electron chi connectivity index (χ2n) is 3.28. The maximum Gasteiger partial charge on any atom is 0.253 e. The van der Waals surface area contributed by atoms with Crippen molar-refractivity contribution in [3.8, 4) is 11.8 Å². The van der Waals surface area contributed by atoms with E-state index in [4.69, 9.17) is 0 Å². The van der Waals surface area contributed by atoms with Crippen molar-refractivity contribution in [3.63, 3.8) is 0 Å². The first-order chi connectivity index (χ1) is 9.11. The van der Waals surface area contributed by atoms with Crippen LogP contribution in [-0.4, -0.2) is 43.3 Å². The highest BCUT2D eigenvalue weighted by Gasteiger charge is 2.10. The minimum absolute atomic E-state index is 0.221. The molecule has 0 unspecified atom stereocenters. The van der Waals surface area contributed by atoms with Gasteiger partial charge < -0.3 is 15.1 Å². The van der Waals surface area contributed by atoms with Crippen LogP contribution < -0.4 is 4.90 Å². The third-order valence-corrected chi connectivity index (χ3v) is 3.31. The molecule has 2 heterocycles. The van der Waals surface area contributed by atoms with Crippen molar-refractivity contribution in [2.24, 2.45) is 10.2 Å². The molecule has 19 heavy (non-hydrogen) atoms. The summed E-state index contributed by atoms with van der Waals surface area (Å²) in [6.07, 6.45) is 1.01. The molecule has 2 rings (SSSR count). The summed E-state index contributed by atoms with van der Waals surface area (Å²) in [5.74, 6) is -0.443. The Balaban J connectivity index is 2.21. The summed E-state index contributed by atoms with van der Waals surface area (Å²) in [6.45, 7) is 0. The zero-order chi connectivity index (χ0) is 13.8. The van der Waals surface area contributed by atoms with E-state index < -0.39 is 11.8 Å². The van der Waals surface area contributed by atoms with Gasteiger partial charge in [-0.25, -0.2) is 0 Å². The number of aromatic hydroxyl groups is 2. The van der Waals surface area contributed by atoms with Gasteiger partial charge in [0.15, 0.2) is 0 Å². The highest BCUT2D eigenvalue weighted by atomic mass is 32.1. The molecule has 0 saturated carbocycles. The smallest absolute Gasteiger partial charge is 0.253 e. The third-order valence-electron chi connectivity index (χ3n) is 1.96. The number of hydrogen-bond acceptors (Lipinski definition) is 11. The molecule has 0 aliphatic carbocycles. The molecule has 100 valence electrons. The van der Waals surface area contributed by atoms with E-state index in [0.717, 1.165) is 6.33 Å². The number of anilines is 1. The van der Waals surface area contributed by atoms with Gasteiger partial charge in [0.05, 0.1) is 5.88 Å². The molecular weight excluding hydrogens is 290 g/mol. The normalized spacial score (nSPS) is 11.1. The molecule has 0 fully saturated rings. The van der Waals surface area contributed by atoms with Crippen LogP contribution in [0, 0.1) is 0 Å². The van der Waals surface area contributed by atoms with Crippen molar-refractivity contribution in [1.82, 2.24) is 20.2 Å². The molecule has 2 aromatic rings. The Bertz CT molecular complexity index is 582. The third kappa shape index (κ3) is 3.06. The molecule has 0 atom stereocenters. The minimum atomic E-state index is -0.464. The summed E-state index contributed by atoms with van der Waals surface area (Å²) in [6, 6.07) is 0. The monoisotopic (exact) mass is 299 g/mol. The average Bonchev–Trinajstić information content (AvgIpc) is 2.86. The SMILES string of the molecule is CN(CS)c1nnc(/N=N/c2c(O)ncnc2O)s1. The highest BCUT2D eigenvalue weighted by Crippen LogP contribution is 2.34. The summed E-state index contributed by atoms with van der Waals surface area (Å²) in [7, 11) is 1.80. The van der Waals surface area contributed by atoms with Crippen LogP contribution in [0.25, 0.3) is 0 Å². The lowest BCUT2D eigenvalue weighted by atomic mass is 10.5. The van der Waals surface area contributed by atoms with Crippen LogP contribution in [0.15, 0.2) is 16.6 Å². The zero-order valence-electron chi connectivity index (χ0n) is 9.66. The second-order valence-corrected chi connectivity index (χ2v) is 4.49. The topological polar surface area (TPSA) is 120 Å². The predicted octanol–water partition coefficient (Wildman–Crippen LogP) is 1.48. The van der Waals surface area contributed by atoms with Gasteiger partial charge in [-0.05, 0) is 0 Å². The molecular formula is C8H9N7O2S2. The van der Waals surface area contributed by atoms with E-state index in [0.29, 0.717) is 11.0 Å². The van der Waals surface area contributed by atoms with E-state index in [1.54, 1.807) is 11.9 Å². The number of rotatable bonds is 4. The van der Waals surface area contributed by atoms with Crippen LogP contribution in [0.1, 0.15) is 0 Å². The molecule has 2 N–H and O–H groups in total. The van der Waals surface area contributed by atoms with Gasteiger partial charge in [0.2, 0.25) is 22.6 Å². The van der Waals surface area contributed by atoms with Crippen LogP contribution in [-0.2, 0) is 0 Å². The molecule has 0 bridgehead atoms. The molecule has 11 heteroatoms. The van der Waals surface area contributed by atoms with Crippen LogP contribution in [0.5, 0.6) is 11.8 Å². The lowest BCUT2D eigenvalue weighted by Crippen LogP contribution is -2.13. The first kappa shape index (κ1) is 13.4. The standard InChI is InChI=1S/C8H9N7O2S2/c1-15(3-18)8-14-13-7(19-8)12-11-4-5(16)9-2-10-6(4)17/h2,18H,3H2,1H3,(H2,9,10,16,17)/b12-11+. The van der Waals surface area contributed by atoms with Crippen molar-refractivity contribution < 1.29 is 10.2 Å². The number of aromatic nitrogens is 4. The zero-order valence-corrected chi connectivity index (χ0v) is 11.4. The fourth-order valence-electron chi connectivity index (χ4n) is 1.01. The Kier molecular flexibility index (Phi) is 4.06. The van der Waals surface area contributed by atoms with E-state index in [1.165, 1.54) is 11.3 Å². The number of hydrogen-bond donors (Lipinski definition) is 3. The summed E-state index contributed by atoms with van der Waals surface area (Å²) < 4.78 is 0. The molecule has 2 aromatic heterocycles. The van der Waals surface area contributed by atoms with Crippen molar-refractivity contribution in [1.29, 1.82) is 0 Å². The molecule has 0 radical (unpaired) electrons. The Hall–Kier alpha value is -2.01. The maximum absolute atomic E-state index is 9.39. The van der Waals surface area contributed by atoms with Crippen molar-refractivity contribution >= 4 is 39.9 Å². The van der Waals surface area contributed by atoms with Gasteiger partial charge in [-0.1, -0.05) is 11.3 Å². The number of azo groups is 1. The van der Waals surface area contributed by atoms with Gasteiger partial charge in [-0.2, -0.15) is 22.6 Å². The molecule has 0 saturated heterocycles. The fraction of sp³-hybridized carbons (Fsp3) is 0.250. The van der Waals surface area contributed by atoms with Gasteiger partial charge in [-0.3, -0.25) is 0 Å². The average molecular weight is 299 g/mol. The largest absolute Gasteiger partial charge is 0.492 e. The molecule has 9 nitrogen and oxygen atoms in total. The fourth-order valence-corrected chi connectivity index (χ4v) is 1.86. The van der Waals surface area contributed by atoms with E-state index in [-0.39, 0.29) is 10.8 Å². The molecule has 0 spiro atoms. The van der Waals surface area contributed by atoms with Crippen LogP contribution >= 0.6 is 24.0 Å². The lowest BCUT2D eigenvalue weighted by molar-refractivity contribution is 0.424. The minimum Gasteiger partial charge on any atom is -0.492 e. The second kappa shape index (κ2) is 5.75.